The van der Waals surface area contributed by atoms with Crippen molar-refractivity contribution in [2.75, 3.05) is 19.6 Å². The van der Waals surface area contributed by atoms with Crippen LogP contribution in [0.4, 0.5) is 9.18 Å². The van der Waals surface area contributed by atoms with Crippen LogP contribution >= 0.6 is 0 Å². The number of carbonyl (C=O) groups is 1. The van der Waals surface area contributed by atoms with Gasteiger partial charge in [0.05, 0.1) is 12.3 Å². The highest BCUT2D eigenvalue weighted by Crippen LogP contribution is 2.27. The fourth-order valence-electron chi connectivity index (χ4n) is 3.62. The van der Waals surface area contributed by atoms with Crippen LogP contribution < -0.4 is 5.32 Å². The number of halogens is 1. The Morgan fingerprint density at radius 3 is 2.75 bits per heavy atom. The second-order valence-electron chi connectivity index (χ2n) is 9.36. The van der Waals surface area contributed by atoms with Crippen molar-refractivity contribution in [3.8, 4) is 0 Å². The number of β-amino-alcohol motifs (C(OH)–C–C–N with tert-alkyl or cyclic N) is 1. The van der Waals surface area contributed by atoms with Crippen LogP contribution in [0.3, 0.4) is 0 Å². The predicted octanol–water partition coefficient (Wildman–Crippen LogP) is 3.66. The van der Waals surface area contributed by atoms with Gasteiger partial charge in [-0.3, -0.25) is 4.98 Å². The largest absolute Gasteiger partial charge is 0.444 e. The van der Waals surface area contributed by atoms with Crippen LogP contribution in [-0.4, -0.2) is 51.9 Å². The van der Waals surface area contributed by atoms with Gasteiger partial charge in [-0.2, -0.15) is 0 Å². The number of likely N-dealkylation sites (tertiary alicyclic amines) is 1. The zero-order chi connectivity index (χ0) is 20.9. The van der Waals surface area contributed by atoms with Gasteiger partial charge in [-0.05, 0) is 65.9 Å². The second-order valence-corrected chi connectivity index (χ2v) is 9.36. The molecule has 1 aliphatic rings. The van der Waals surface area contributed by atoms with Gasteiger partial charge in [-0.15, -0.1) is 0 Å². The zero-order valence-electron chi connectivity index (χ0n) is 17.7. The number of pyridine rings is 1. The topological polar surface area (TPSA) is 74.7 Å². The molecule has 2 N–H and O–H groups in total. The van der Waals surface area contributed by atoms with Crippen molar-refractivity contribution < 1.29 is 19.0 Å². The molecule has 6 nitrogen and oxygen atoms in total. The molecule has 0 radical (unpaired) electrons. The van der Waals surface area contributed by atoms with Gasteiger partial charge >= 0.3 is 6.09 Å². The molecule has 1 fully saturated rings. The Bertz CT molecular complexity index is 661. The first-order valence-corrected chi connectivity index (χ1v) is 9.97. The number of nitrogens with zero attached hydrogens (tertiary/aromatic N) is 2. The summed E-state index contributed by atoms with van der Waals surface area (Å²) in [5.41, 5.74) is -0.270. The maximum atomic E-state index is 13.3. The van der Waals surface area contributed by atoms with E-state index in [9.17, 15) is 14.3 Å². The summed E-state index contributed by atoms with van der Waals surface area (Å²) in [6, 6.07) is 1.30. The molecule has 2 rings (SSSR count). The number of carbonyl (C=O) groups excluding carboxylic acids is 1. The van der Waals surface area contributed by atoms with Crippen molar-refractivity contribution in [1.29, 1.82) is 0 Å². The first kappa shape index (κ1) is 22.6. The Kier molecular flexibility index (Phi) is 7.39. The van der Waals surface area contributed by atoms with Crippen molar-refractivity contribution in [3.63, 3.8) is 0 Å². The lowest BCUT2D eigenvalue weighted by Crippen LogP contribution is -2.47. The lowest BCUT2D eigenvalue weighted by Gasteiger charge is -2.38. The molecular weight excluding hydrogens is 361 g/mol. The molecule has 158 valence electrons. The highest BCUT2D eigenvalue weighted by Gasteiger charge is 2.31. The molecule has 0 saturated carbocycles. The molecule has 0 aliphatic carbocycles. The van der Waals surface area contributed by atoms with Crippen LogP contribution in [0.5, 0.6) is 0 Å². The average molecular weight is 396 g/mol. The molecular formula is C21H34FN3O3. The van der Waals surface area contributed by atoms with E-state index in [-0.39, 0.29) is 11.6 Å². The highest BCUT2D eigenvalue weighted by atomic mass is 19.1. The fraction of sp³-hybridized carbons (Fsp3) is 0.714. The Balaban J connectivity index is 1.86. The number of aromatic nitrogens is 1. The van der Waals surface area contributed by atoms with Gasteiger partial charge in [0.25, 0.3) is 0 Å². The van der Waals surface area contributed by atoms with Crippen molar-refractivity contribution in [2.45, 2.75) is 71.1 Å². The summed E-state index contributed by atoms with van der Waals surface area (Å²) in [6.07, 6.45) is 4.39. The third kappa shape index (κ3) is 7.36. The van der Waals surface area contributed by atoms with E-state index in [1.165, 1.54) is 12.3 Å². The monoisotopic (exact) mass is 395 g/mol. The maximum absolute atomic E-state index is 13.3. The zero-order valence-corrected chi connectivity index (χ0v) is 17.7. The van der Waals surface area contributed by atoms with Gasteiger partial charge in [-0.1, -0.05) is 0 Å². The van der Waals surface area contributed by atoms with Crippen molar-refractivity contribution >= 4 is 6.09 Å². The van der Waals surface area contributed by atoms with Crippen LogP contribution in [0.1, 0.15) is 65.5 Å². The number of aliphatic hydroxyl groups is 1. The van der Waals surface area contributed by atoms with E-state index in [1.54, 1.807) is 4.90 Å². The number of nitrogens with one attached hydrogen (secondary N) is 1. The number of hydrogen-bond donors (Lipinski definition) is 2. The minimum atomic E-state index is -0.827. The van der Waals surface area contributed by atoms with Crippen LogP contribution in [0.25, 0.3) is 0 Å². The summed E-state index contributed by atoms with van der Waals surface area (Å²) in [5, 5.41) is 13.7. The first-order chi connectivity index (χ1) is 13.0. The molecule has 1 aliphatic heterocycles. The summed E-state index contributed by atoms with van der Waals surface area (Å²) in [5.74, 6) is -0.100. The molecule has 2 atom stereocenters. The summed E-state index contributed by atoms with van der Waals surface area (Å²) < 4.78 is 18.8. The van der Waals surface area contributed by atoms with E-state index in [2.05, 4.69) is 24.1 Å². The number of amides is 1. The van der Waals surface area contributed by atoms with Crippen LogP contribution in [-0.2, 0) is 4.74 Å². The van der Waals surface area contributed by atoms with E-state index in [4.69, 9.17) is 4.74 Å². The second kappa shape index (κ2) is 9.18. The van der Waals surface area contributed by atoms with E-state index in [0.29, 0.717) is 24.6 Å². The predicted molar refractivity (Wildman–Crippen MR) is 106 cm³/mol. The van der Waals surface area contributed by atoms with Gasteiger partial charge in [-0.25, -0.2) is 9.18 Å². The summed E-state index contributed by atoms with van der Waals surface area (Å²) >= 11 is 0. The minimum Gasteiger partial charge on any atom is -0.444 e. The molecule has 1 amide bonds. The summed E-state index contributed by atoms with van der Waals surface area (Å²) in [6.45, 7) is 11.5. The van der Waals surface area contributed by atoms with E-state index < -0.39 is 17.5 Å². The number of rotatable bonds is 6. The number of aliphatic hydroxyl groups excluding tert-OH is 1. The number of ether oxygens (including phenoxy) is 1. The Labute approximate surface area is 167 Å². The molecule has 0 bridgehead atoms. The van der Waals surface area contributed by atoms with Gasteiger partial charge in [0.1, 0.15) is 11.4 Å². The highest BCUT2D eigenvalue weighted by molar-refractivity contribution is 5.68. The van der Waals surface area contributed by atoms with Gasteiger partial charge in [0.15, 0.2) is 0 Å². The Hall–Kier alpha value is -1.73. The van der Waals surface area contributed by atoms with Crippen LogP contribution in [0.15, 0.2) is 18.5 Å². The lowest BCUT2D eigenvalue weighted by atomic mass is 9.85. The molecule has 7 heteroatoms. The number of hydrogen-bond acceptors (Lipinski definition) is 5. The molecule has 1 aromatic rings. The smallest absolute Gasteiger partial charge is 0.410 e. The van der Waals surface area contributed by atoms with Gasteiger partial charge in [0, 0.05) is 36.9 Å². The quantitative estimate of drug-likeness (QED) is 0.769. The average Bonchev–Trinajstić information content (AvgIpc) is 2.58. The molecule has 0 spiro atoms. The third-order valence-electron chi connectivity index (χ3n) is 4.85. The first-order valence-electron chi connectivity index (χ1n) is 9.97. The van der Waals surface area contributed by atoms with E-state index >= 15 is 0 Å². The lowest BCUT2D eigenvalue weighted by molar-refractivity contribution is 0.0146. The SMILES string of the molecule is CC(C)(C[C@H]1CCCN(C(=O)OC(C)(C)C)C1)NC[C@H](O)c1cncc(F)c1. The summed E-state index contributed by atoms with van der Waals surface area (Å²) in [7, 11) is 0. The Morgan fingerprint density at radius 2 is 2.11 bits per heavy atom. The molecule has 28 heavy (non-hydrogen) atoms. The fourth-order valence-corrected chi connectivity index (χ4v) is 3.62. The van der Waals surface area contributed by atoms with Crippen molar-refractivity contribution in [3.05, 3.63) is 29.8 Å². The normalized spacial score (nSPS) is 19.4. The Morgan fingerprint density at radius 1 is 1.39 bits per heavy atom. The van der Waals surface area contributed by atoms with E-state index in [0.717, 1.165) is 32.0 Å². The van der Waals surface area contributed by atoms with Gasteiger partial charge in [0.2, 0.25) is 0 Å². The third-order valence-corrected chi connectivity index (χ3v) is 4.85. The molecule has 1 aromatic heterocycles. The molecule has 1 saturated heterocycles. The molecule has 2 heterocycles. The number of piperidine rings is 1. The standard InChI is InChI=1S/C21H34FN3O3/c1-20(2,3)28-19(27)25-8-6-7-15(14-25)10-21(4,5)24-13-18(26)16-9-17(22)12-23-11-16/h9,11-12,15,18,24,26H,6-8,10,13-14H2,1-5H3/t15-,18+/m1/s1. The maximum Gasteiger partial charge on any atom is 0.410 e. The van der Waals surface area contributed by atoms with E-state index in [1.807, 2.05) is 20.8 Å². The molecule has 0 aromatic carbocycles. The van der Waals surface area contributed by atoms with Crippen LogP contribution in [0, 0.1) is 11.7 Å². The van der Waals surface area contributed by atoms with Crippen molar-refractivity contribution in [1.82, 2.24) is 15.2 Å². The minimum absolute atomic E-state index is 0.233. The van der Waals surface area contributed by atoms with Gasteiger partial charge < -0.3 is 20.1 Å². The van der Waals surface area contributed by atoms with Crippen molar-refractivity contribution in [2.24, 2.45) is 5.92 Å². The summed E-state index contributed by atoms with van der Waals surface area (Å²) in [4.78, 5) is 17.9. The van der Waals surface area contributed by atoms with Crippen LogP contribution in [0.2, 0.25) is 0 Å². The molecule has 0 unspecified atom stereocenters.